The molecule has 3 aliphatic rings. The van der Waals surface area contributed by atoms with Crippen LogP contribution in [-0.2, 0) is 12.4 Å². The van der Waals surface area contributed by atoms with Crippen LogP contribution in [0, 0.1) is 11.8 Å². The SMILES string of the molecule is CC[C@H]1CN2CC[C@H]1C[C@H]2[C@@H](Nc1c(Nc2cc(C(F)(F)F)cc(C(F)(F)F)c2)c(=O)c1=O)c1ccnc2ccc(OC)cc12. The first-order valence-corrected chi connectivity index (χ1v) is 14.6. The molecule has 0 aliphatic carbocycles. The fourth-order valence-electron chi connectivity index (χ4n) is 6.89. The molecule has 0 radical (unpaired) electrons. The Hall–Kier alpha value is -4.13. The molecule has 13 heteroatoms. The zero-order chi connectivity index (χ0) is 32.3. The molecule has 3 aromatic carbocycles. The lowest BCUT2D eigenvalue weighted by atomic mass is 9.72. The van der Waals surface area contributed by atoms with Gasteiger partial charge in [-0.3, -0.25) is 19.5 Å². The Morgan fingerprint density at radius 2 is 1.67 bits per heavy atom. The van der Waals surface area contributed by atoms with Gasteiger partial charge in [0.05, 0.1) is 29.8 Å². The molecule has 7 nitrogen and oxygen atoms in total. The van der Waals surface area contributed by atoms with E-state index in [-0.39, 0.29) is 17.8 Å². The minimum absolute atomic E-state index is 0.00144. The quantitative estimate of drug-likeness (QED) is 0.162. The van der Waals surface area contributed by atoms with Crippen LogP contribution in [0.2, 0.25) is 0 Å². The molecule has 0 saturated carbocycles. The number of ether oxygens (including phenoxy) is 1. The first kappa shape index (κ1) is 30.9. The summed E-state index contributed by atoms with van der Waals surface area (Å²) in [4.78, 5) is 32.5. The number of piperidine rings is 3. The highest BCUT2D eigenvalue weighted by molar-refractivity contribution is 5.85. The third kappa shape index (κ3) is 5.73. The number of methoxy groups -OCH3 is 1. The van der Waals surface area contributed by atoms with Gasteiger partial charge in [0.25, 0.3) is 10.9 Å². The van der Waals surface area contributed by atoms with Crippen molar-refractivity contribution in [3.63, 3.8) is 0 Å². The minimum atomic E-state index is -5.08. The predicted molar refractivity (Wildman–Crippen MR) is 158 cm³/mol. The minimum Gasteiger partial charge on any atom is -0.497 e. The number of fused-ring (bicyclic) bond motifs is 4. The number of hydrogen-bond donors (Lipinski definition) is 2. The highest BCUT2D eigenvalue weighted by atomic mass is 19.4. The molecule has 5 atom stereocenters. The van der Waals surface area contributed by atoms with Crippen LogP contribution in [0.5, 0.6) is 5.75 Å². The molecule has 45 heavy (non-hydrogen) atoms. The van der Waals surface area contributed by atoms with Crippen molar-refractivity contribution in [2.75, 3.05) is 30.8 Å². The third-order valence-electron chi connectivity index (χ3n) is 9.23. The average molecular weight is 633 g/mol. The van der Waals surface area contributed by atoms with E-state index in [4.69, 9.17) is 4.74 Å². The van der Waals surface area contributed by atoms with Crippen LogP contribution in [0.25, 0.3) is 10.9 Å². The number of aromatic nitrogens is 1. The fourth-order valence-corrected chi connectivity index (χ4v) is 6.89. The van der Waals surface area contributed by atoms with Crippen LogP contribution < -0.4 is 26.2 Å². The summed E-state index contributed by atoms with van der Waals surface area (Å²) < 4.78 is 86.4. The molecule has 4 aromatic rings. The molecule has 3 saturated heterocycles. The van der Waals surface area contributed by atoms with Gasteiger partial charge in [0.15, 0.2) is 0 Å². The molecule has 7 rings (SSSR count). The molecule has 0 amide bonds. The largest absolute Gasteiger partial charge is 0.497 e. The second kappa shape index (κ2) is 11.3. The maximum absolute atomic E-state index is 13.5. The van der Waals surface area contributed by atoms with Crippen LogP contribution in [0.15, 0.2) is 58.3 Å². The van der Waals surface area contributed by atoms with Crippen LogP contribution in [-0.4, -0.2) is 36.1 Å². The smallest absolute Gasteiger partial charge is 0.416 e. The Labute approximate surface area is 253 Å². The Morgan fingerprint density at radius 1 is 0.978 bits per heavy atom. The normalized spacial score (nSPS) is 22.5. The highest BCUT2D eigenvalue weighted by Gasteiger charge is 2.44. The fraction of sp³-hybridized carbons (Fsp3) is 0.406. The Balaban J connectivity index is 1.42. The van der Waals surface area contributed by atoms with E-state index < -0.39 is 51.8 Å². The Morgan fingerprint density at radius 3 is 2.27 bits per heavy atom. The highest BCUT2D eigenvalue weighted by Crippen LogP contribution is 2.45. The zero-order valence-corrected chi connectivity index (χ0v) is 24.4. The van der Waals surface area contributed by atoms with Crippen LogP contribution in [0.1, 0.15) is 48.9 Å². The summed E-state index contributed by atoms with van der Waals surface area (Å²) in [5.41, 5.74) is -4.82. The van der Waals surface area contributed by atoms with Crippen molar-refractivity contribution in [2.45, 2.75) is 50.6 Å². The van der Waals surface area contributed by atoms with E-state index in [1.54, 1.807) is 24.4 Å². The lowest BCUT2D eigenvalue weighted by molar-refractivity contribution is -0.143. The van der Waals surface area contributed by atoms with E-state index >= 15 is 0 Å². The van der Waals surface area contributed by atoms with Gasteiger partial charge in [-0.25, -0.2) is 0 Å². The summed E-state index contributed by atoms with van der Waals surface area (Å²) in [6.07, 6.45) is -5.68. The number of rotatable bonds is 8. The second-order valence-corrected chi connectivity index (χ2v) is 11.7. The van der Waals surface area contributed by atoms with Crippen molar-refractivity contribution < 1.29 is 31.1 Å². The zero-order valence-electron chi connectivity index (χ0n) is 24.4. The van der Waals surface area contributed by atoms with Gasteiger partial charge >= 0.3 is 12.4 Å². The summed E-state index contributed by atoms with van der Waals surface area (Å²) in [6, 6.07) is 7.46. The second-order valence-electron chi connectivity index (χ2n) is 11.7. The first-order valence-electron chi connectivity index (χ1n) is 14.6. The lowest BCUT2D eigenvalue weighted by Gasteiger charge is -2.52. The van der Waals surface area contributed by atoms with Crippen LogP contribution in [0.4, 0.5) is 43.4 Å². The molecule has 238 valence electrons. The molecule has 4 heterocycles. The summed E-state index contributed by atoms with van der Waals surface area (Å²) in [7, 11) is 1.53. The monoisotopic (exact) mass is 632 g/mol. The molecule has 3 aliphatic heterocycles. The third-order valence-corrected chi connectivity index (χ3v) is 9.23. The molecule has 2 bridgehead atoms. The van der Waals surface area contributed by atoms with Crippen molar-refractivity contribution in [1.82, 2.24) is 9.88 Å². The number of hydrogen-bond acceptors (Lipinski definition) is 7. The Bertz CT molecular complexity index is 1780. The maximum atomic E-state index is 13.5. The van der Waals surface area contributed by atoms with E-state index in [1.807, 2.05) is 6.07 Å². The number of benzene rings is 2. The molecule has 1 aromatic heterocycles. The maximum Gasteiger partial charge on any atom is 0.416 e. The topological polar surface area (TPSA) is 83.6 Å². The summed E-state index contributed by atoms with van der Waals surface area (Å²) >= 11 is 0. The van der Waals surface area contributed by atoms with Gasteiger partial charge in [-0.15, -0.1) is 0 Å². The number of nitrogens with zero attached hydrogens (tertiary/aromatic N) is 2. The van der Waals surface area contributed by atoms with Gasteiger partial charge in [-0.2, -0.15) is 26.3 Å². The molecule has 1 unspecified atom stereocenters. The standard InChI is InChI=1S/C32H30F6N4O3/c1-3-16-15-42-9-7-17(16)10-25(42)26(22-6-8-39-24-5-4-21(45-2)14-23(22)24)41-28-27(29(43)30(28)44)40-20-12-18(31(33,34)35)11-19(13-20)32(36,37)38/h4-6,8,11-14,16-17,25-26,40-41H,3,7,9-10,15H2,1-2H3/t16-,17-,25-,26-/m0/s1. The molecule has 3 fully saturated rings. The van der Waals surface area contributed by atoms with Crippen LogP contribution in [0.3, 0.4) is 0 Å². The van der Waals surface area contributed by atoms with Gasteiger partial charge in [0.2, 0.25) is 0 Å². The average Bonchev–Trinajstić information content (AvgIpc) is 3.03. The van der Waals surface area contributed by atoms with E-state index in [0.717, 1.165) is 43.3 Å². The van der Waals surface area contributed by atoms with Crippen molar-refractivity contribution in [3.05, 3.63) is 85.8 Å². The number of anilines is 3. The van der Waals surface area contributed by atoms with Gasteiger partial charge in [0, 0.05) is 29.9 Å². The number of alkyl halides is 6. The van der Waals surface area contributed by atoms with Crippen molar-refractivity contribution in [1.29, 1.82) is 0 Å². The van der Waals surface area contributed by atoms with Gasteiger partial charge < -0.3 is 15.4 Å². The summed E-state index contributed by atoms with van der Waals surface area (Å²) in [6.45, 7) is 3.83. The first-order chi connectivity index (χ1) is 21.3. The van der Waals surface area contributed by atoms with E-state index in [2.05, 4.69) is 27.4 Å². The van der Waals surface area contributed by atoms with Gasteiger partial charge in [0.1, 0.15) is 17.1 Å². The van der Waals surface area contributed by atoms with Gasteiger partial charge in [-0.1, -0.05) is 13.3 Å². The van der Waals surface area contributed by atoms with E-state index in [0.29, 0.717) is 35.2 Å². The van der Waals surface area contributed by atoms with Crippen LogP contribution >= 0.6 is 0 Å². The molecule has 2 N–H and O–H groups in total. The van der Waals surface area contributed by atoms with E-state index in [1.165, 1.54) is 7.11 Å². The lowest BCUT2D eigenvalue weighted by Crippen LogP contribution is -2.56. The number of nitrogens with one attached hydrogen (secondary N) is 2. The molecule has 0 spiro atoms. The van der Waals surface area contributed by atoms with E-state index in [9.17, 15) is 35.9 Å². The summed E-state index contributed by atoms with van der Waals surface area (Å²) in [5, 5.41) is 6.36. The predicted octanol–water partition coefficient (Wildman–Crippen LogP) is 6.89. The molecular weight excluding hydrogens is 602 g/mol. The van der Waals surface area contributed by atoms with Crippen molar-refractivity contribution >= 4 is 28.0 Å². The number of halogens is 6. The Kier molecular flexibility index (Phi) is 7.78. The van der Waals surface area contributed by atoms with Gasteiger partial charge in [-0.05, 0) is 79.3 Å². The molecular formula is C32H30F6N4O3. The van der Waals surface area contributed by atoms with Crippen molar-refractivity contribution in [3.8, 4) is 5.75 Å². The number of pyridine rings is 1. The summed E-state index contributed by atoms with van der Waals surface area (Å²) in [5.74, 6) is 1.53. The van der Waals surface area contributed by atoms with Crippen molar-refractivity contribution in [2.24, 2.45) is 11.8 Å².